The number of aliphatic hydroxyl groups is 4. The highest BCUT2D eigenvalue weighted by Gasteiger charge is 2.37. The molecule has 1 saturated heterocycles. The molecule has 8 heteroatoms. The number of ether oxygens (including phenoxy) is 2. The highest BCUT2D eigenvalue weighted by molar-refractivity contribution is 5.87. The Morgan fingerprint density at radius 1 is 0.925 bits per heavy atom. The molecule has 0 bridgehead atoms. The average Bonchev–Trinajstić information content (AvgIpc) is 3.61. The van der Waals surface area contributed by atoms with E-state index >= 15 is 0 Å². The molecule has 4 N–H and O–H groups in total. The lowest BCUT2D eigenvalue weighted by Crippen LogP contribution is -2.41. The van der Waals surface area contributed by atoms with Gasteiger partial charge in [0.1, 0.15) is 18.8 Å². The molecule has 0 saturated carbocycles. The second-order valence-electron chi connectivity index (χ2n) is 12.0. The number of hydrogen-bond acceptors (Lipinski definition) is 8. The summed E-state index contributed by atoms with van der Waals surface area (Å²) >= 11 is 0. The Morgan fingerprint density at radius 2 is 1.62 bits per heavy atom. The highest BCUT2D eigenvalue weighted by Crippen LogP contribution is 2.32. The van der Waals surface area contributed by atoms with E-state index in [0.29, 0.717) is 24.3 Å². The highest BCUT2D eigenvalue weighted by atomic mass is 16.6. The zero-order valence-electron chi connectivity index (χ0n) is 24.8. The number of hydrogen-bond donors (Lipinski definition) is 4. The van der Waals surface area contributed by atoms with Gasteiger partial charge in [0.05, 0.1) is 24.4 Å². The number of epoxide rings is 1. The molecule has 8 nitrogen and oxygen atoms in total. The van der Waals surface area contributed by atoms with Gasteiger partial charge in [-0.05, 0) is 70.1 Å². The van der Waals surface area contributed by atoms with Gasteiger partial charge in [-0.25, -0.2) is 4.79 Å². The monoisotopic (exact) mass is 562 g/mol. The lowest BCUT2D eigenvalue weighted by molar-refractivity contribution is -0.143. The molecule has 0 aromatic rings. The zero-order chi connectivity index (χ0) is 30.0. The molecule has 1 fully saturated rings. The Morgan fingerprint density at radius 3 is 2.33 bits per heavy atom. The molecule has 2 heterocycles. The maximum Gasteiger partial charge on any atom is 0.333 e. The first-order valence-electron chi connectivity index (χ1n) is 14.5. The van der Waals surface area contributed by atoms with Gasteiger partial charge in [-0.1, -0.05) is 62.8 Å². The third-order valence-corrected chi connectivity index (χ3v) is 7.86. The van der Waals surface area contributed by atoms with Gasteiger partial charge in [0.2, 0.25) is 0 Å². The van der Waals surface area contributed by atoms with Gasteiger partial charge in [-0.15, -0.1) is 0 Å². The first kappa shape index (κ1) is 34.1. The van der Waals surface area contributed by atoms with Gasteiger partial charge in [0.25, 0.3) is 0 Å². The number of fused-ring (bicyclic) bond motifs is 1. The van der Waals surface area contributed by atoms with Gasteiger partial charge in [-0.3, -0.25) is 4.79 Å². The number of carbonyl (C=O) groups excluding carboxylic acids is 2. The van der Waals surface area contributed by atoms with Crippen molar-refractivity contribution in [1.29, 1.82) is 0 Å². The van der Waals surface area contributed by atoms with Crippen molar-refractivity contribution in [2.75, 3.05) is 6.61 Å². The first-order valence-corrected chi connectivity index (χ1v) is 14.5. The largest absolute Gasteiger partial charge is 0.460 e. The number of Topliss-reactive ketones (excluding diaryl/α,β-unsaturated/α-hetero) is 1. The molecule has 0 radical (unpaired) electrons. The van der Waals surface area contributed by atoms with E-state index in [-0.39, 0.29) is 37.6 Å². The number of allylic oxidation sites excluding steroid dienone is 5. The smallest absolute Gasteiger partial charge is 0.333 e. The van der Waals surface area contributed by atoms with Crippen LogP contribution in [0.2, 0.25) is 0 Å². The third kappa shape index (κ3) is 11.8. The summed E-state index contributed by atoms with van der Waals surface area (Å²) in [5.41, 5.74) is 2.50. The molecule has 0 amide bonds. The Bertz CT molecular complexity index is 951. The van der Waals surface area contributed by atoms with Crippen molar-refractivity contribution in [3.8, 4) is 0 Å². The molecule has 0 aromatic heterocycles. The maximum atomic E-state index is 12.6. The van der Waals surface area contributed by atoms with Gasteiger partial charge in [0, 0.05) is 12.0 Å². The molecule has 9 atom stereocenters. The predicted octanol–water partition coefficient (Wildman–Crippen LogP) is 3.97. The van der Waals surface area contributed by atoms with Crippen LogP contribution in [-0.4, -0.2) is 75.4 Å². The summed E-state index contributed by atoms with van der Waals surface area (Å²) in [5, 5.41) is 41.7. The standard InChI is InChI=1S/C32H50O8/c1-19-12-20(2)14-29-28(40-29)11-9-7-8-10-21(3)32(38)39-18-26(34)16-24(6)30(36)31(37)27(35)17-25(33)15-23(5)22(4)13-19/h9-11,13,20,23-26,28-31,33-34,36-37H,1,7-8,12,14-18H2,2-6H3/b11-9-,21-10-,22-13-/t20?,23?,24?,25?,26?,28-,29+,30?,31?/m1/s1. The van der Waals surface area contributed by atoms with Crippen LogP contribution in [0.4, 0.5) is 0 Å². The second kappa shape index (κ2) is 16.4. The molecule has 2 rings (SSSR count). The first-order chi connectivity index (χ1) is 18.8. The van der Waals surface area contributed by atoms with Crippen molar-refractivity contribution in [1.82, 2.24) is 0 Å². The minimum Gasteiger partial charge on any atom is -0.460 e. The fourth-order valence-corrected chi connectivity index (χ4v) is 5.13. The van der Waals surface area contributed by atoms with Crippen LogP contribution in [0.5, 0.6) is 0 Å². The number of rotatable bonds is 0. The minimum absolute atomic E-state index is 0.00393. The quantitative estimate of drug-likeness (QED) is 0.198. The number of ketones is 1. The van der Waals surface area contributed by atoms with E-state index in [2.05, 4.69) is 25.7 Å². The zero-order valence-corrected chi connectivity index (χ0v) is 24.8. The van der Waals surface area contributed by atoms with Crippen LogP contribution >= 0.6 is 0 Å². The topological polar surface area (TPSA) is 137 Å². The summed E-state index contributed by atoms with van der Waals surface area (Å²) in [6, 6.07) is 0. The summed E-state index contributed by atoms with van der Waals surface area (Å²) in [5.74, 6) is -1.45. The van der Waals surface area contributed by atoms with E-state index in [1.54, 1.807) is 19.9 Å². The van der Waals surface area contributed by atoms with Crippen LogP contribution in [0.1, 0.15) is 79.6 Å². The number of cyclic esters (lactones) is 1. The van der Waals surface area contributed by atoms with E-state index in [9.17, 15) is 30.0 Å². The van der Waals surface area contributed by atoms with Crippen LogP contribution < -0.4 is 0 Å². The molecule has 7 unspecified atom stereocenters. The molecule has 0 aromatic carbocycles. The summed E-state index contributed by atoms with van der Waals surface area (Å²) in [6.07, 6.45) is 6.39. The van der Waals surface area contributed by atoms with Crippen molar-refractivity contribution >= 4 is 11.8 Å². The van der Waals surface area contributed by atoms with Crippen LogP contribution in [0.25, 0.3) is 0 Å². The van der Waals surface area contributed by atoms with Crippen LogP contribution in [0, 0.1) is 17.8 Å². The SMILES string of the molecule is C=C1/C=C(/C)C(C)CC(O)CC(=O)C(O)C(O)C(C)CC(O)COC(=O)/C(C)=C\CC/C=C\[C@H]2O[C@H]2CC(C)C1. The number of esters is 1. The van der Waals surface area contributed by atoms with Crippen molar-refractivity contribution in [3.63, 3.8) is 0 Å². The van der Waals surface area contributed by atoms with Gasteiger partial charge in [-0.2, -0.15) is 0 Å². The van der Waals surface area contributed by atoms with E-state index < -0.39 is 42.1 Å². The molecule has 2 aliphatic rings. The number of aliphatic hydroxyl groups excluding tert-OH is 4. The minimum atomic E-state index is -1.69. The lowest BCUT2D eigenvalue weighted by atomic mass is 9.88. The molecular weight excluding hydrogens is 512 g/mol. The summed E-state index contributed by atoms with van der Waals surface area (Å²) < 4.78 is 11.0. The average molecular weight is 563 g/mol. The normalized spacial score (nSPS) is 40.4. The Hall–Kier alpha value is -2.10. The Kier molecular flexibility index (Phi) is 14.0. The van der Waals surface area contributed by atoms with Gasteiger partial charge < -0.3 is 29.9 Å². The van der Waals surface area contributed by atoms with Crippen molar-refractivity contribution < 1.29 is 39.5 Å². The third-order valence-electron chi connectivity index (χ3n) is 7.86. The van der Waals surface area contributed by atoms with Crippen molar-refractivity contribution in [3.05, 3.63) is 47.6 Å². The van der Waals surface area contributed by atoms with Crippen molar-refractivity contribution in [2.45, 2.75) is 116 Å². The summed E-state index contributed by atoms with van der Waals surface area (Å²) in [7, 11) is 0. The molecule has 0 spiro atoms. The molecule has 226 valence electrons. The molecular formula is C32H50O8. The van der Waals surface area contributed by atoms with Crippen LogP contribution in [0.3, 0.4) is 0 Å². The lowest BCUT2D eigenvalue weighted by Gasteiger charge is -2.26. The maximum absolute atomic E-state index is 12.6. The predicted molar refractivity (Wildman–Crippen MR) is 154 cm³/mol. The molecule has 0 aliphatic carbocycles. The van der Waals surface area contributed by atoms with Crippen LogP contribution in [0.15, 0.2) is 47.6 Å². The summed E-state index contributed by atoms with van der Waals surface area (Å²) in [4.78, 5) is 24.8. The fourth-order valence-electron chi connectivity index (χ4n) is 5.13. The van der Waals surface area contributed by atoms with Crippen LogP contribution in [-0.2, 0) is 19.1 Å². The molecule has 40 heavy (non-hydrogen) atoms. The van der Waals surface area contributed by atoms with Gasteiger partial charge >= 0.3 is 5.97 Å². The summed E-state index contributed by atoms with van der Waals surface area (Å²) in [6.45, 7) is 13.3. The van der Waals surface area contributed by atoms with Gasteiger partial charge in [0.15, 0.2) is 5.78 Å². The van der Waals surface area contributed by atoms with E-state index in [1.165, 1.54) is 0 Å². The Labute approximate surface area is 239 Å². The second-order valence-corrected chi connectivity index (χ2v) is 12.0. The fraction of sp³-hybridized carbons (Fsp3) is 0.688. The van der Waals surface area contributed by atoms with E-state index in [1.807, 2.05) is 19.9 Å². The Balaban J connectivity index is 2.08. The van der Waals surface area contributed by atoms with E-state index in [4.69, 9.17) is 9.47 Å². The number of carbonyl (C=O) groups is 2. The van der Waals surface area contributed by atoms with E-state index in [0.717, 1.165) is 30.4 Å². The molecule has 2 aliphatic heterocycles. The van der Waals surface area contributed by atoms with Crippen molar-refractivity contribution in [2.24, 2.45) is 17.8 Å².